The van der Waals surface area contributed by atoms with Crippen molar-refractivity contribution < 1.29 is 4.79 Å². The minimum absolute atomic E-state index is 0. The number of nitrogens with two attached hydrogens (primary N) is 1. The first-order valence-corrected chi connectivity index (χ1v) is 7.67. The minimum atomic E-state index is 0. The first-order chi connectivity index (χ1) is 9.51. The number of hydrogen-bond donors (Lipinski definition) is 1. The maximum absolute atomic E-state index is 12.5. The van der Waals surface area contributed by atoms with E-state index in [0.717, 1.165) is 24.8 Å². The highest BCUT2D eigenvalue weighted by Crippen LogP contribution is 2.32. The molecule has 2 rings (SSSR count). The third-order valence-corrected chi connectivity index (χ3v) is 4.43. The molecule has 21 heavy (non-hydrogen) atoms. The van der Waals surface area contributed by atoms with E-state index in [1.807, 2.05) is 19.2 Å². The zero-order valence-corrected chi connectivity index (χ0v) is 14.3. The lowest BCUT2D eigenvalue weighted by atomic mass is 9.95. The number of amides is 1. The highest BCUT2D eigenvalue weighted by Gasteiger charge is 2.33. The van der Waals surface area contributed by atoms with Crippen LogP contribution < -0.4 is 5.73 Å². The molecule has 2 atom stereocenters. The number of rotatable bonds is 4. The van der Waals surface area contributed by atoms with Gasteiger partial charge in [-0.15, -0.1) is 12.4 Å². The number of benzene rings is 1. The van der Waals surface area contributed by atoms with E-state index >= 15 is 0 Å². The van der Waals surface area contributed by atoms with Crippen molar-refractivity contribution in [3.8, 4) is 0 Å². The predicted octanol–water partition coefficient (Wildman–Crippen LogP) is 3.75. The molecule has 0 bridgehead atoms. The molecule has 6 heteroatoms. The van der Waals surface area contributed by atoms with E-state index in [0.29, 0.717) is 29.1 Å². The van der Waals surface area contributed by atoms with Gasteiger partial charge in [-0.05, 0) is 49.1 Å². The van der Waals surface area contributed by atoms with Crippen LogP contribution in [-0.4, -0.2) is 24.4 Å². The zero-order chi connectivity index (χ0) is 14.7. The van der Waals surface area contributed by atoms with E-state index in [1.165, 1.54) is 0 Å². The highest BCUT2D eigenvalue weighted by atomic mass is 35.5. The molecule has 1 aliphatic carbocycles. The van der Waals surface area contributed by atoms with E-state index < -0.39 is 0 Å². The molecule has 1 aliphatic rings. The molecule has 0 aromatic heterocycles. The van der Waals surface area contributed by atoms with Gasteiger partial charge in [0.2, 0.25) is 5.91 Å². The van der Waals surface area contributed by atoms with Gasteiger partial charge in [-0.25, -0.2) is 0 Å². The van der Waals surface area contributed by atoms with E-state index in [9.17, 15) is 4.79 Å². The monoisotopic (exact) mass is 350 g/mol. The molecular weight excluding hydrogens is 331 g/mol. The normalized spacial score (nSPS) is 21.0. The first-order valence-electron chi connectivity index (χ1n) is 6.91. The standard InChI is InChI=1S/C15H20Cl2N2O.ClH/c1-19(9-10-5-12(16)7-13(17)6-10)15(20)14-4-2-3-11(14)8-18;/h5-7,11,14H,2-4,8-9,18H2,1H3;1H/t11-,14-;/m1./s1. The molecule has 0 saturated heterocycles. The number of carbonyl (C=O) groups excluding carboxylic acids is 1. The van der Waals surface area contributed by atoms with Crippen LogP contribution in [0.1, 0.15) is 24.8 Å². The van der Waals surface area contributed by atoms with Crippen molar-refractivity contribution >= 4 is 41.5 Å². The molecule has 1 saturated carbocycles. The molecular formula is C15H21Cl3N2O. The Kier molecular flexibility index (Phi) is 7.28. The molecule has 1 amide bonds. The van der Waals surface area contributed by atoms with Crippen LogP contribution in [0.2, 0.25) is 10.0 Å². The van der Waals surface area contributed by atoms with Gasteiger partial charge in [-0.3, -0.25) is 4.79 Å². The van der Waals surface area contributed by atoms with Gasteiger partial charge < -0.3 is 10.6 Å². The van der Waals surface area contributed by atoms with Gasteiger partial charge in [0.25, 0.3) is 0 Å². The summed E-state index contributed by atoms with van der Waals surface area (Å²) in [5.74, 6) is 0.571. The molecule has 1 fully saturated rings. The molecule has 0 heterocycles. The largest absolute Gasteiger partial charge is 0.341 e. The average Bonchev–Trinajstić information content (AvgIpc) is 2.84. The van der Waals surface area contributed by atoms with Crippen LogP contribution in [0.15, 0.2) is 18.2 Å². The van der Waals surface area contributed by atoms with Crippen LogP contribution in [0.3, 0.4) is 0 Å². The van der Waals surface area contributed by atoms with Crippen molar-refractivity contribution in [2.75, 3.05) is 13.6 Å². The van der Waals surface area contributed by atoms with Crippen LogP contribution in [-0.2, 0) is 11.3 Å². The van der Waals surface area contributed by atoms with E-state index in [-0.39, 0.29) is 24.2 Å². The Morgan fingerprint density at radius 2 is 1.90 bits per heavy atom. The van der Waals surface area contributed by atoms with Gasteiger partial charge >= 0.3 is 0 Å². The van der Waals surface area contributed by atoms with Crippen LogP contribution in [0.25, 0.3) is 0 Å². The fourth-order valence-electron chi connectivity index (χ4n) is 2.98. The van der Waals surface area contributed by atoms with Crippen molar-refractivity contribution in [1.82, 2.24) is 4.90 Å². The summed E-state index contributed by atoms with van der Waals surface area (Å²) in [4.78, 5) is 14.2. The van der Waals surface area contributed by atoms with E-state index in [2.05, 4.69) is 0 Å². The zero-order valence-electron chi connectivity index (χ0n) is 12.0. The quantitative estimate of drug-likeness (QED) is 0.898. The van der Waals surface area contributed by atoms with Crippen molar-refractivity contribution in [1.29, 1.82) is 0 Å². The van der Waals surface area contributed by atoms with E-state index in [4.69, 9.17) is 28.9 Å². The smallest absolute Gasteiger partial charge is 0.226 e. The number of hydrogen-bond acceptors (Lipinski definition) is 2. The van der Waals surface area contributed by atoms with Crippen LogP contribution in [0.5, 0.6) is 0 Å². The summed E-state index contributed by atoms with van der Waals surface area (Å²) in [7, 11) is 1.82. The van der Waals surface area contributed by atoms with Crippen LogP contribution in [0, 0.1) is 11.8 Å². The summed E-state index contributed by atoms with van der Waals surface area (Å²) >= 11 is 12.0. The maximum Gasteiger partial charge on any atom is 0.226 e. The Morgan fingerprint density at radius 1 is 1.29 bits per heavy atom. The summed E-state index contributed by atoms with van der Waals surface area (Å²) in [6.45, 7) is 1.11. The lowest BCUT2D eigenvalue weighted by molar-refractivity contribution is -0.135. The molecule has 0 aliphatic heterocycles. The second-order valence-corrected chi connectivity index (χ2v) is 6.38. The Bertz CT molecular complexity index is 476. The second-order valence-electron chi connectivity index (χ2n) is 5.51. The lowest BCUT2D eigenvalue weighted by Gasteiger charge is -2.24. The summed E-state index contributed by atoms with van der Waals surface area (Å²) in [6, 6.07) is 5.37. The van der Waals surface area contributed by atoms with Gasteiger partial charge in [0, 0.05) is 29.6 Å². The molecule has 2 N–H and O–H groups in total. The Balaban J connectivity index is 0.00000220. The first kappa shape index (κ1) is 18.6. The number of nitrogens with zero attached hydrogens (tertiary/aromatic N) is 1. The number of carbonyl (C=O) groups is 1. The highest BCUT2D eigenvalue weighted by molar-refractivity contribution is 6.34. The van der Waals surface area contributed by atoms with E-state index in [1.54, 1.807) is 11.0 Å². The third kappa shape index (κ3) is 4.75. The second kappa shape index (κ2) is 8.23. The van der Waals surface area contributed by atoms with Crippen molar-refractivity contribution in [2.24, 2.45) is 17.6 Å². The topological polar surface area (TPSA) is 46.3 Å². The predicted molar refractivity (Wildman–Crippen MR) is 90.1 cm³/mol. The Labute approximate surface area is 142 Å². The van der Waals surface area contributed by atoms with Crippen molar-refractivity contribution in [2.45, 2.75) is 25.8 Å². The van der Waals surface area contributed by atoms with Gasteiger partial charge in [0.05, 0.1) is 0 Å². The fraction of sp³-hybridized carbons (Fsp3) is 0.533. The van der Waals surface area contributed by atoms with Crippen LogP contribution >= 0.6 is 35.6 Å². The Morgan fingerprint density at radius 3 is 2.48 bits per heavy atom. The summed E-state index contributed by atoms with van der Waals surface area (Å²) in [5.41, 5.74) is 6.69. The molecule has 118 valence electrons. The molecule has 0 radical (unpaired) electrons. The molecule has 1 aromatic carbocycles. The summed E-state index contributed by atoms with van der Waals surface area (Å²) < 4.78 is 0. The van der Waals surface area contributed by atoms with Crippen molar-refractivity contribution in [3.63, 3.8) is 0 Å². The van der Waals surface area contributed by atoms with Crippen LogP contribution in [0.4, 0.5) is 0 Å². The van der Waals surface area contributed by atoms with Gasteiger partial charge in [0.1, 0.15) is 0 Å². The molecule has 3 nitrogen and oxygen atoms in total. The van der Waals surface area contributed by atoms with Gasteiger partial charge in [-0.1, -0.05) is 29.6 Å². The summed E-state index contributed by atoms with van der Waals surface area (Å²) in [6.07, 6.45) is 3.10. The molecule has 1 aromatic rings. The molecule has 0 unspecified atom stereocenters. The third-order valence-electron chi connectivity index (χ3n) is 4.00. The van der Waals surface area contributed by atoms with Gasteiger partial charge in [-0.2, -0.15) is 0 Å². The van der Waals surface area contributed by atoms with Gasteiger partial charge in [0.15, 0.2) is 0 Å². The Hall–Kier alpha value is -0.480. The SMILES string of the molecule is CN(Cc1cc(Cl)cc(Cl)c1)C(=O)[C@@H]1CCC[C@@H]1CN.Cl. The summed E-state index contributed by atoms with van der Waals surface area (Å²) in [5, 5.41) is 1.18. The average molecular weight is 352 g/mol. The fourth-order valence-corrected chi connectivity index (χ4v) is 3.55. The number of halogens is 3. The van der Waals surface area contributed by atoms with Crippen molar-refractivity contribution in [3.05, 3.63) is 33.8 Å². The lowest BCUT2D eigenvalue weighted by Crippen LogP contribution is -2.36. The minimum Gasteiger partial charge on any atom is -0.341 e. The molecule has 0 spiro atoms. The maximum atomic E-state index is 12.5.